The molecule has 31 heavy (non-hydrogen) atoms. The van der Waals surface area contributed by atoms with Crippen LogP contribution in [0.4, 0.5) is 5.69 Å². The minimum atomic E-state index is -0.992. The molecular formula is C25H25NO5. The zero-order valence-corrected chi connectivity index (χ0v) is 17.8. The smallest absolute Gasteiger partial charge is 0.339 e. The van der Waals surface area contributed by atoms with Gasteiger partial charge in [0.2, 0.25) is 0 Å². The predicted octanol–water partition coefficient (Wildman–Crippen LogP) is 4.94. The summed E-state index contributed by atoms with van der Waals surface area (Å²) in [5, 5.41) is 2.85. The number of rotatable bonds is 8. The van der Waals surface area contributed by atoms with Crippen LogP contribution in [0.25, 0.3) is 11.1 Å². The third kappa shape index (κ3) is 5.42. The van der Waals surface area contributed by atoms with Crippen LogP contribution in [-0.2, 0) is 9.53 Å². The van der Waals surface area contributed by atoms with Gasteiger partial charge in [-0.1, -0.05) is 48.5 Å². The maximum absolute atomic E-state index is 12.7. The topological polar surface area (TPSA) is 73.9 Å². The summed E-state index contributed by atoms with van der Waals surface area (Å²) >= 11 is 0. The van der Waals surface area contributed by atoms with Crippen LogP contribution in [0.3, 0.4) is 0 Å². The van der Waals surface area contributed by atoms with Crippen LogP contribution in [0, 0.1) is 0 Å². The summed E-state index contributed by atoms with van der Waals surface area (Å²) in [5.41, 5.74) is 2.77. The molecule has 1 N–H and O–H groups in total. The zero-order chi connectivity index (χ0) is 22.2. The summed E-state index contributed by atoms with van der Waals surface area (Å²) in [4.78, 5) is 25.2. The first-order chi connectivity index (χ1) is 15.0. The van der Waals surface area contributed by atoms with Gasteiger partial charge in [-0.2, -0.15) is 0 Å². The highest BCUT2D eigenvalue weighted by Crippen LogP contribution is 2.29. The van der Waals surface area contributed by atoms with Crippen molar-refractivity contribution in [3.8, 4) is 22.6 Å². The zero-order valence-electron chi connectivity index (χ0n) is 17.8. The molecule has 0 unspecified atom stereocenters. The third-order valence-corrected chi connectivity index (χ3v) is 4.62. The number of benzene rings is 3. The van der Waals surface area contributed by atoms with Crippen molar-refractivity contribution in [3.63, 3.8) is 0 Å². The third-order valence-electron chi connectivity index (χ3n) is 4.62. The van der Waals surface area contributed by atoms with Crippen molar-refractivity contribution >= 4 is 17.6 Å². The monoisotopic (exact) mass is 419 g/mol. The Morgan fingerprint density at radius 1 is 0.935 bits per heavy atom. The predicted molar refractivity (Wildman–Crippen MR) is 120 cm³/mol. The molecule has 0 aromatic heterocycles. The van der Waals surface area contributed by atoms with Crippen molar-refractivity contribution in [1.29, 1.82) is 0 Å². The summed E-state index contributed by atoms with van der Waals surface area (Å²) < 4.78 is 16.1. The Balaban J connectivity index is 1.70. The van der Waals surface area contributed by atoms with E-state index < -0.39 is 18.0 Å². The van der Waals surface area contributed by atoms with Gasteiger partial charge in [0.05, 0.1) is 19.3 Å². The molecule has 3 aromatic carbocycles. The van der Waals surface area contributed by atoms with E-state index in [0.29, 0.717) is 23.8 Å². The fourth-order valence-corrected chi connectivity index (χ4v) is 3.05. The lowest BCUT2D eigenvalue weighted by Crippen LogP contribution is -2.30. The lowest BCUT2D eigenvalue weighted by atomic mass is 10.0. The van der Waals surface area contributed by atoms with Crippen molar-refractivity contribution < 1.29 is 23.8 Å². The molecule has 0 heterocycles. The van der Waals surface area contributed by atoms with Crippen molar-refractivity contribution in [2.75, 3.05) is 19.0 Å². The van der Waals surface area contributed by atoms with E-state index >= 15 is 0 Å². The Hall–Kier alpha value is -3.80. The Labute approximate surface area is 181 Å². The van der Waals surface area contributed by atoms with Gasteiger partial charge >= 0.3 is 5.97 Å². The average Bonchev–Trinajstić information content (AvgIpc) is 2.80. The largest absolute Gasteiger partial charge is 0.493 e. The first kappa shape index (κ1) is 21.9. The SMILES string of the molecule is CCOc1ccc(C(=O)O[C@H](C)C(=O)Nc2ccccc2-c2ccccc2)cc1OC. The Morgan fingerprint density at radius 3 is 2.35 bits per heavy atom. The van der Waals surface area contributed by atoms with Gasteiger partial charge in [-0.25, -0.2) is 4.79 Å². The quantitative estimate of drug-likeness (QED) is 0.523. The lowest BCUT2D eigenvalue weighted by Gasteiger charge is -2.16. The second-order valence-corrected chi connectivity index (χ2v) is 6.75. The maximum Gasteiger partial charge on any atom is 0.339 e. The van der Waals surface area contributed by atoms with Crippen molar-refractivity contribution in [2.24, 2.45) is 0 Å². The summed E-state index contributed by atoms with van der Waals surface area (Å²) in [5.74, 6) is -0.0926. The molecule has 0 saturated carbocycles. The summed E-state index contributed by atoms with van der Waals surface area (Å²) in [6, 6.07) is 22.0. The number of ether oxygens (including phenoxy) is 3. The van der Waals surface area contributed by atoms with E-state index in [4.69, 9.17) is 14.2 Å². The molecule has 0 saturated heterocycles. The normalized spacial score (nSPS) is 11.3. The summed E-state index contributed by atoms with van der Waals surface area (Å²) in [7, 11) is 1.49. The van der Waals surface area contributed by atoms with Gasteiger partial charge < -0.3 is 19.5 Å². The molecule has 0 aliphatic heterocycles. The van der Waals surface area contributed by atoms with Gasteiger partial charge in [-0.05, 0) is 43.7 Å². The number of carbonyl (C=O) groups is 2. The molecular weight excluding hydrogens is 394 g/mol. The molecule has 6 nitrogen and oxygen atoms in total. The lowest BCUT2D eigenvalue weighted by molar-refractivity contribution is -0.123. The van der Waals surface area contributed by atoms with E-state index in [-0.39, 0.29) is 5.56 Å². The second kappa shape index (κ2) is 10.3. The number of nitrogens with one attached hydrogen (secondary N) is 1. The molecule has 0 spiro atoms. The van der Waals surface area contributed by atoms with E-state index in [1.165, 1.54) is 20.1 Å². The number of esters is 1. The summed E-state index contributed by atoms with van der Waals surface area (Å²) in [6.45, 7) is 3.86. The number of anilines is 1. The minimum absolute atomic E-state index is 0.268. The van der Waals surface area contributed by atoms with Crippen molar-refractivity contribution in [2.45, 2.75) is 20.0 Å². The van der Waals surface area contributed by atoms with Crippen LogP contribution in [0.1, 0.15) is 24.2 Å². The van der Waals surface area contributed by atoms with Crippen LogP contribution in [0.15, 0.2) is 72.8 Å². The van der Waals surface area contributed by atoms with E-state index in [1.807, 2.05) is 61.5 Å². The molecule has 6 heteroatoms. The van der Waals surface area contributed by atoms with E-state index in [1.54, 1.807) is 12.1 Å². The van der Waals surface area contributed by atoms with Gasteiger partial charge in [-0.15, -0.1) is 0 Å². The average molecular weight is 419 g/mol. The molecule has 1 atom stereocenters. The van der Waals surface area contributed by atoms with Crippen LogP contribution >= 0.6 is 0 Å². The maximum atomic E-state index is 12.7. The Bertz CT molecular complexity index is 1050. The van der Waals surface area contributed by atoms with Gasteiger partial charge in [0.1, 0.15) is 0 Å². The van der Waals surface area contributed by atoms with E-state index in [2.05, 4.69) is 5.32 Å². The minimum Gasteiger partial charge on any atom is -0.493 e. The second-order valence-electron chi connectivity index (χ2n) is 6.75. The highest BCUT2D eigenvalue weighted by Gasteiger charge is 2.21. The highest BCUT2D eigenvalue weighted by molar-refractivity contribution is 6.00. The number of hydrogen-bond acceptors (Lipinski definition) is 5. The fraction of sp³-hybridized carbons (Fsp3) is 0.200. The van der Waals surface area contributed by atoms with E-state index in [0.717, 1.165) is 11.1 Å². The molecule has 160 valence electrons. The highest BCUT2D eigenvalue weighted by atomic mass is 16.5. The molecule has 1 amide bonds. The van der Waals surface area contributed by atoms with Gasteiger partial charge in [0.25, 0.3) is 5.91 Å². The molecule has 0 fully saturated rings. The van der Waals surface area contributed by atoms with Crippen molar-refractivity contribution in [3.05, 3.63) is 78.4 Å². The molecule has 0 aliphatic carbocycles. The Kier molecular flexibility index (Phi) is 7.27. The fourth-order valence-electron chi connectivity index (χ4n) is 3.05. The van der Waals surface area contributed by atoms with Crippen LogP contribution < -0.4 is 14.8 Å². The molecule has 3 aromatic rings. The van der Waals surface area contributed by atoms with Crippen LogP contribution in [0.2, 0.25) is 0 Å². The number of carbonyl (C=O) groups excluding carboxylic acids is 2. The molecule has 0 radical (unpaired) electrons. The number of amides is 1. The van der Waals surface area contributed by atoms with Crippen LogP contribution in [0.5, 0.6) is 11.5 Å². The van der Waals surface area contributed by atoms with Gasteiger partial charge in [0, 0.05) is 11.3 Å². The first-order valence-corrected chi connectivity index (χ1v) is 10.0. The molecule has 0 bridgehead atoms. The first-order valence-electron chi connectivity index (χ1n) is 10.0. The van der Waals surface area contributed by atoms with Crippen molar-refractivity contribution in [1.82, 2.24) is 0 Å². The summed E-state index contributed by atoms with van der Waals surface area (Å²) in [6.07, 6.45) is -0.992. The number of hydrogen-bond donors (Lipinski definition) is 1. The van der Waals surface area contributed by atoms with Gasteiger partial charge in [-0.3, -0.25) is 4.79 Å². The Morgan fingerprint density at radius 2 is 1.65 bits per heavy atom. The number of methoxy groups -OCH3 is 1. The van der Waals surface area contributed by atoms with E-state index in [9.17, 15) is 9.59 Å². The number of para-hydroxylation sites is 1. The molecule has 0 aliphatic rings. The molecule has 3 rings (SSSR count). The standard InChI is InChI=1S/C25H25NO5/c1-4-30-22-15-14-19(16-23(22)29-3)25(28)31-17(2)24(27)26-21-13-9-8-12-20(21)18-10-6-5-7-11-18/h5-17H,4H2,1-3H3,(H,26,27)/t17-/m1/s1. The van der Waals surface area contributed by atoms with Gasteiger partial charge in [0.15, 0.2) is 17.6 Å². The van der Waals surface area contributed by atoms with Crippen LogP contribution in [-0.4, -0.2) is 31.7 Å².